The second kappa shape index (κ2) is 8.63. The molecule has 0 saturated heterocycles. The number of nitrogens with one attached hydrogen (secondary N) is 1. The molecule has 2 heterocycles. The van der Waals surface area contributed by atoms with Crippen LogP contribution in [0.3, 0.4) is 0 Å². The van der Waals surface area contributed by atoms with Gasteiger partial charge in [-0.3, -0.25) is 0 Å². The van der Waals surface area contributed by atoms with Crippen LogP contribution in [-0.2, 0) is 26.6 Å². The van der Waals surface area contributed by atoms with Gasteiger partial charge in [0.05, 0.1) is 30.7 Å². The molecule has 2 unspecified atom stereocenters. The average Bonchev–Trinajstić information content (AvgIpc) is 2.87. The zero-order chi connectivity index (χ0) is 24.8. The Bertz CT molecular complexity index is 1480. The number of fused-ring (bicyclic) bond motifs is 2. The smallest absolute Gasteiger partial charge is 0.238 e. The lowest BCUT2D eigenvalue weighted by Gasteiger charge is -2.44. The molecule has 10 heteroatoms. The SMILES string of the molecule is COC1=CC(N)=CCC1(c1ncc2ccc(OC)cc2n1)C1NCCc2ccc(S(N)(=O)=O)cc21. The summed E-state index contributed by atoms with van der Waals surface area (Å²) in [6, 6.07) is 10.2. The fraction of sp³-hybridized carbons (Fsp3) is 0.280. The van der Waals surface area contributed by atoms with E-state index in [1.54, 1.807) is 38.6 Å². The summed E-state index contributed by atoms with van der Waals surface area (Å²) in [6.45, 7) is 0.686. The first kappa shape index (κ1) is 23.3. The highest BCUT2D eigenvalue weighted by Crippen LogP contribution is 2.49. The molecule has 0 radical (unpaired) electrons. The van der Waals surface area contributed by atoms with Crippen molar-refractivity contribution in [1.29, 1.82) is 0 Å². The molecule has 0 amide bonds. The topological polar surface area (TPSA) is 142 Å². The Kier molecular flexibility index (Phi) is 5.74. The van der Waals surface area contributed by atoms with E-state index in [2.05, 4.69) is 5.32 Å². The normalized spacial score (nSPS) is 22.2. The van der Waals surface area contributed by atoms with Crippen LogP contribution in [0.1, 0.15) is 29.4 Å². The molecular formula is C25H27N5O4S. The van der Waals surface area contributed by atoms with E-state index in [9.17, 15) is 8.42 Å². The summed E-state index contributed by atoms with van der Waals surface area (Å²) in [4.78, 5) is 9.79. The van der Waals surface area contributed by atoms with Gasteiger partial charge in [-0.2, -0.15) is 0 Å². The summed E-state index contributed by atoms with van der Waals surface area (Å²) in [6.07, 6.45) is 6.67. The number of benzene rings is 2. The Morgan fingerprint density at radius 1 is 1.14 bits per heavy atom. The third-order valence-corrected chi connectivity index (χ3v) is 7.71. The lowest BCUT2D eigenvalue weighted by molar-refractivity contribution is 0.172. The van der Waals surface area contributed by atoms with Gasteiger partial charge in [0.1, 0.15) is 22.7 Å². The zero-order valence-electron chi connectivity index (χ0n) is 19.5. The molecular weight excluding hydrogens is 466 g/mol. The van der Waals surface area contributed by atoms with E-state index in [0.717, 1.165) is 28.5 Å². The van der Waals surface area contributed by atoms with E-state index in [1.807, 2.05) is 30.3 Å². The van der Waals surface area contributed by atoms with Crippen LogP contribution in [0, 0.1) is 0 Å². The minimum absolute atomic E-state index is 0.0538. The van der Waals surface area contributed by atoms with Crippen molar-refractivity contribution in [3.63, 3.8) is 0 Å². The second-order valence-electron chi connectivity index (χ2n) is 8.75. The van der Waals surface area contributed by atoms with Crippen molar-refractivity contribution in [3.05, 3.63) is 83.2 Å². The molecule has 3 aromatic rings. The molecule has 9 nitrogen and oxygen atoms in total. The quantitative estimate of drug-likeness (QED) is 0.491. The van der Waals surface area contributed by atoms with E-state index >= 15 is 0 Å². The van der Waals surface area contributed by atoms with Gasteiger partial charge in [-0.15, -0.1) is 0 Å². The summed E-state index contributed by atoms with van der Waals surface area (Å²) in [5.41, 5.74) is 8.42. The van der Waals surface area contributed by atoms with Crippen molar-refractivity contribution in [3.8, 4) is 5.75 Å². The molecule has 2 aliphatic rings. The highest BCUT2D eigenvalue weighted by Gasteiger charge is 2.50. The van der Waals surface area contributed by atoms with Gasteiger partial charge >= 0.3 is 0 Å². The molecule has 35 heavy (non-hydrogen) atoms. The fourth-order valence-corrected chi connectivity index (χ4v) is 5.59. The minimum atomic E-state index is -3.89. The van der Waals surface area contributed by atoms with Gasteiger partial charge in [0.2, 0.25) is 10.0 Å². The van der Waals surface area contributed by atoms with Crippen molar-refractivity contribution in [2.45, 2.75) is 29.2 Å². The third kappa shape index (κ3) is 3.93. The summed E-state index contributed by atoms with van der Waals surface area (Å²) in [7, 11) is -0.691. The molecule has 0 bridgehead atoms. The predicted molar refractivity (Wildman–Crippen MR) is 132 cm³/mol. The number of nitrogens with two attached hydrogens (primary N) is 2. The summed E-state index contributed by atoms with van der Waals surface area (Å²) >= 11 is 0. The highest BCUT2D eigenvalue weighted by atomic mass is 32.2. The van der Waals surface area contributed by atoms with E-state index in [-0.39, 0.29) is 4.90 Å². The first-order chi connectivity index (χ1) is 16.8. The third-order valence-electron chi connectivity index (χ3n) is 6.80. The number of sulfonamides is 1. The number of methoxy groups -OCH3 is 2. The maximum Gasteiger partial charge on any atom is 0.238 e. The van der Waals surface area contributed by atoms with Crippen LogP contribution in [0.4, 0.5) is 0 Å². The van der Waals surface area contributed by atoms with Crippen molar-refractivity contribution in [1.82, 2.24) is 15.3 Å². The van der Waals surface area contributed by atoms with Crippen molar-refractivity contribution >= 4 is 20.9 Å². The second-order valence-corrected chi connectivity index (χ2v) is 10.3. The van der Waals surface area contributed by atoms with Crippen LogP contribution in [0.15, 0.2) is 71.1 Å². The molecule has 0 fully saturated rings. The Morgan fingerprint density at radius 3 is 2.71 bits per heavy atom. The maximum absolute atomic E-state index is 12.2. The van der Waals surface area contributed by atoms with Gasteiger partial charge in [-0.05, 0) is 60.9 Å². The average molecular weight is 494 g/mol. The highest BCUT2D eigenvalue weighted by molar-refractivity contribution is 7.89. The van der Waals surface area contributed by atoms with Gasteiger partial charge in [0.15, 0.2) is 0 Å². The number of nitrogens with zero attached hydrogens (tertiary/aromatic N) is 2. The molecule has 0 spiro atoms. The van der Waals surface area contributed by atoms with E-state index in [4.69, 9.17) is 30.3 Å². The Hall–Kier alpha value is -3.47. The summed E-state index contributed by atoms with van der Waals surface area (Å²) in [5, 5.41) is 9.92. The Balaban J connectivity index is 1.77. The largest absolute Gasteiger partial charge is 0.500 e. The van der Waals surface area contributed by atoms with Crippen LogP contribution >= 0.6 is 0 Å². The minimum Gasteiger partial charge on any atom is -0.500 e. The molecule has 1 aromatic heterocycles. The van der Waals surface area contributed by atoms with Crippen LogP contribution in [-0.4, -0.2) is 39.2 Å². The van der Waals surface area contributed by atoms with Crippen LogP contribution < -0.4 is 20.9 Å². The predicted octanol–water partition coefficient (Wildman–Crippen LogP) is 2.19. The molecule has 2 atom stereocenters. The maximum atomic E-state index is 12.2. The number of aromatic nitrogens is 2. The number of hydrogen-bond acceptors (Lipinski definition) is 8. The van der Waals surface area contributed by atoms with Gasteiger partial charge < -0.3 is 20.5 Å². The van der Waals surface area contributed by atoms with Gasteiger partial charge in [-0.1, -0.05) is 12.1 Å². The Morgan fingerprint density at radius 2 is 1.97 bits per heavy atom. The first-order valence-electron chi connectivity index (χ1n) is 11.2. The molecule has 0 saturated carbocycles. The molecule has 5 N–H and O–H groups in total. The number of ether oxygens (including phenoxy) is 2. The molecule has 2 aromatic carbocycles. The van der Waals surface area contributed by atoms with Crippen LogP contribution in [0.25, 0.3) is 10.9 Å². The number of hydrogen-bond donors (Lipinski definition) is 3. The van der Waals surface area contributed by atoms with Crippen LogP contribution in [0.2, 0.25) is 0 Å². The van der Waals surface area contributed by atoms with Gasteiger partial charge in [-0.25, -0.2) is 23.5 Å². The van der Waals surface area contributed by atoms with Crippen molar-refractivity contribution in [2.75, 3.05) is 20.8 Å². The van der Waals surface area contributed by atoms with Crippen LogP contribution in [0.5, 0.6) is 5.75 Å². The number of rotatable bonds is 5. The number of allylic oxidation sites excluding steroid dienone is 2. The molecule has 1 aliphatic heterocycles. The molecule has 5 rings (SSSR count). The Labute approximate surface area is 203 Å². The fourth-order valence-electron chi connectivity index (χ4n) is 5.04. The molecule has 1 aliphatic carbocycles. The number of primary sulfonamides is 1. The van der Waals surface area contributed by atoms with E-state index in [1.165, 1.54) is 0 Å². The lowest BCUT2D eigenvalue weighted by Crippen LogP contribution is -2.48. The summed E-state index contributed by atoms with van der Waals surface area (Å²) in [5.74, 6) is 1.80. The van der Waals surface area contributed by atoms with E-state index < -0.39 is 21.5 Å². The van der Waals surface area contributed by atoms with Gasteiger partial charge in [0.25, 0.3) is 0 Å². The lowest BCUT2D eigenvalue weighted by atomic mass is 9.68. The van der Waals surface area contributed by atoms with Gasteiger partial charge in [0, 0.05) is 23.3 Å². The zero-order valence-corrected chi connectivity index (χ0v) is 20.3. The standard InChI is InChI=1S/C25H27N5O4S/c1-33-18-5-3-16-14-29-24(30-21(16)12-18)25(9-7-17(26)11-22(25)34-2)23-20-13-19(35(27,31)32)6-4-15(20)8-10-28-23/h3-7,11-14,23,28H,8-10,26H2,1-2H3,(H2,27,31,32). The van der Waals surface area contributed by atoms with Crippen molar-refractivity contribution in [2.24, 2.45) is 10.9 Å². The first-order valence-corrected chi connectivity index (χ1v) is 12.7. The molecule has 182 valence electrons. The summed E-state index contributed by atoms with van der Waals surface area (Å²) < 4.78 is 35.7. The monoisotopic (exact) mass is 493 g/mol. The van der Waals surface area contributed by atoms with Crippen molar-refractivity contribution < 1.29 is 17.9 Å². The van der Waals surface area contributed by atoms with E-state index in [0.29, 0.717) is 36.0 Å².